The molecule has 5 heterocycles. The SMILES string of the molecule is COc1cc(N2CCC(N3CCN(C)CC3)CC2)ccc1Nc1ncc2c(n1)N(C)c1scnc1C(=O)N2. The summed E-state index contributed by atoms with van der Waals surface area (Å²) < 4.78 is 5.75. The van der Waals surface area contributed by atoms with Gasteiger partial charge in [-0.1, -0.05) is 0 Å². The first-order chi connectivity index (χ1) is 18.5. The van der Waals surface area contributed by atoms with E-state index in [1.54, 1.807) is 18.8 Å². The zero-order valence-electron chi connectivity index (χ0n) is 22.0. The van der Waals surface area contributed by atoms with Crippen molar-refractivity contribution in [1.82, 2.24) is 24.8 Å². The van der Waals surface area contributed by atoms with Gasteiger partial charge in [-0.05, 0) is 32.0 Å². The number of hydrogen-bond acceptors (Lipinski definition) is 11. The van der Waals surface area contributed by atoms with Crippen LogP contribution in [0.3, 0.4) is 0 Å². The summed E-state index contributed by atoms with van der Waals surface area (Å²) in [6.07, 6.45) is 3.97. The summed E-state index contributed by atoms with van der Waals surface area (Å²) in [4.78, 5) is 35.2. The lowest BCUT2D eigenvalue weighted by molar-refractivity contribution is 0.0982. The van der Waals surface area contributed by atoms with E-state index in [1.165, 1.54) is 37.3 Å². The predicted molar refractivity (Wildman–Crippen MR) is 151 cm³/mol. The topological polar surface area (TPSA) is 102 Å². The van der Waals surface area contributed by atoms with Gasteiger partial charge >= 0.3 is 0 Å². The predicted octanol–water partition coefficient (Wildman–Crippen LogP) is 3.24. The van der Waals surface area contributed by atoms with Crippen molar-refractivity contribution in [2.45, 2.75) is 18.9 Å². The number of amides is 1. The quantitative estimate of drug-likeness (QED) is 0.506. The largest absolute Gasteiger partial charge is 0.494 e. The molecule has 0 unspecified atom stereocenters. The van der Waals surface area contributed by atoms with Crippen LogP contribution in [0.4, 0.5) is 33.8 Å². The van der Waals surface area contributed by atoms with Gasteiger partial charge in [-0.3, -0.25) is 9.69 Å². The summed E-state index contributed by atoms with van der Waals surface area (Å²) in [5.41, 5.74) is 4.52. The number of likely N-dealkylation sites (N-methyl/N-ethyl adjacent to an activating group) is 1. The van der Waals surface area contributed by atoms with Crippen molar-refractivity contribution in [3.05, 3.63) is 35.6 Å². The second kappa shape index (κ2) is 10.4. The summed E-state index contributed by atoms with van der Waals surface area (Å²) in [6, 6.07) is 6.90. The van der Waals surface area contributed by atoms with Crippen molar-refractivity contribution in [2.24, 2.45) is 0 Å². The molecule has 1 aromatic carbocycles. The Hall–Kier alpha value is -3.48. The van der Waals surface area contributed by atoms with Crippen LogP contribution in [-0.2, 0) is 0 Å². The van der Waals surface area contributed by atoms with E-state index in [1.807, 2.05) is 18.0 Å². The third-order valence-corrected chi connectivity index (χ3v) is 8.62. The highest BCUT2D eigenvalue weighted by molar-refractivity contribution is 7.14. The second-order valence-electron chi connectivity index (χ2n) is 10.0. The lowest BCUT2D eigenvalue weighted by Gasteiger charge is -2.42. The van der Waals surface area contributed by atoms with E-state index in [4.69, 9.17) is 9.72 Å². The number of piperazine rings is 1. The van der Waals surface area contributed by atoms with Gasteiger partial charge in [0.25, 0.3) is 5.91 Å². The number of carbonyl (C=O) groups is 1. The molecule has 200 valence electrons. The number of aromatic nitrogens is 3. The highest BCUT2D eigenvalue weighted by Crippen LogP contribution is 2.38. The first-order valence-corrected chi connectivity index (χ1v) is 13.9. The van der Waals surface area contributed by atoms with Crippen molar-refractivity contribution in [2.75, 3.05) is 80.9 Å². The van der Waals surface area contributed by atoms with Crippen LogP contribution in [-0.4, -0.2) is 97.2 Å². The molecule has 3 aliphatic rings. The molecule has 1 amide bonds. The molecule has 0 spiro atoms. The van der Waals surface area contributed by atoms with Gasteiger partial charge in [0, 0.05) is 64.1 Å². The lowest BCUT2D eigenvalue weighted by Crippen LogP contribution is -2.52. The molecule has 11 nitrogen and oxygen atoms in total. The number of carbonyl (C=O) groups excluding carboxylic acids is 1. The van der Waals surface area contributed by atoms with Crippen LogP contribution in [0.15, 0.2) is 29.9 Å². The molecule has 6 rings (SSSR count). The molecule has 2 N–H and O–H groups in total. The smallest absolute Gasteiger partial charge is 0.277 e. The normalized spacial score (nSPS) is 19.0. The molecular formula is C26H33N9O2S. The number of thiazole rings is 1. The van der Waals surface area contributed by atoms with Crippen LogP contribution in [0, 0.1) is 0 Å². The number of hydrogen-bond donors (Lipinski definition) is 2. The maximum Gasteiger partial charge on any atom is 0.277 e. The molecule has 0 atom stereocenters. The third kappa shape index (κ3) is 4.74. The molecule has 3 aliphatic heterocycles. The van der Waals surface area contributed by atoms with Crippen molar-refractivity contribution in [3.63, 3.8) is 0 Å². The number of nitrogens with zero attached hydrogens (tertiary/aromatic N) is 7. The summed E-state index contributed by atoms with van der Waals surface area (Å²) >= 11 is 1.40. The molecule has 0 aliphatic carbocycles. The fourth-order valence-electron chi connectivity index (χ4n) is 5.46. The van der Waals surface area contributed by atoms with Gasteiger partial charge in [0.05, 0.1) is 24.5 Å². The van der Waals surface area contributed by atoms with Crippen molar-refractivity contribution < 1.29 is 9.53 Å². The molecule has 3 aromatic rings. The number of rotatable bonds is 5. The van der Waals surface area contributed by atoms with Gasteiger partial charge in [-0.15, -0.1) is 11.3 Å². The second-order valence-corrected chi connectivity index (χ2v) is 10.9. The molecule has 2 fully saturated rings. The zero-order valence-corrected chi connectivity index (χ0v) is 22.8. The number of piperidine rings is 1. The fourth-order valence-corrected chi connectivity index (χ4v) is 6.22. The number of anilines is 6. The minimum atomic E-state index is -0.263. The maximum absolute atomic E-state index is 12.5. The van der Waals surface area contributed by atoms with Gasteiger partial charge in [-0.2, -0.15) is 4.98 Å². The van der Waals surface area contributed by atoms with Crippen LogP contribution in [0.25, 0.3) is 0 Å². The van der Waals surface area contributed by atoms with E-state index in [0.29, 0.717) is 29.2 Å². The van der Waals surface area contributed by atoms with E-state index >= 15 is 0 Å². The first-order valence-electron chi connectivity index (χ1n) is 13.0. The van der Waals surface area contributed by atoms with E-state index < -0.39 is 0 Å². The Morgan fingerprint density at radius 3 is 2.63 bits per heavy atom. The van der Waals surface area contributed by atoms with E-state index in [9.17, 15) is 4.79 Å². The van der Waals surface area contributed by atoms with Gasteiger partial charge in [-0.25, -0.2) is 9.97 Å². The highest BCUT2D eigenvalue weighted by Gasteiger charge is 2.29. The lowest BCUT2D eigenvalue weighted by atomic mass is 10.0. The van der Waals surface area contributed by atoms with Crippen LogP contribution >= 0.6 is 11.3 Å². The van der Waals surface area contributed by atoms with E-state index in [-0.39, 0.29) is 5.91 Å². The Morgan fingerprint density at radius 2 is 1.87 bits per heavy atom. The highest BCUT2D eigenvalue weighted by atomic mass is 32.1. The van der Waals surface area contributed by atoms with E-state index in [2.05, 4.69) is 54.5 Å². The number of ether oxygens (including phenoxy) is 1. The fraction of sp³-hybridized carbons (Fsp3) is 0.462. The molecule has 38 heavy (non-hydrogen) atoms. The number of methoxy groups -OCH3 is 1. The average Bonchev–Trinajstić information content (AvgIpc) is 3.41. The minimum absolute atomic E-state index is 0.263. The number of nitrogens with one attached hydrogen (secondary N) is 2. The van der Waals surface area contributed by atoms with Gasteiger partial charge < -0.3 is 30.1 Å². The third-order valence-electron chi connectivity index (χ3n) is 7.72. The van der Waals surface area contributed by atoms with Crippen molar-refractivity contribution in [3.8, 4) is 5.75 Å². The summed E-state index contributed by atoms with van der Waals surface area (Å²) in [6.45, 7) is 6.76. The van der Waals surface area contributed by atoms with E-state index in [0.717, 1.165) is 48.3 Å². The number of benzene rings is 1. The minimum Gasteiger partial charge on any atom is -0.494 e. The van der Waals surface area contributed by atoms with Crippen LogP contribution in [0.5, 0.6) is 5.75 Å². The van der Waals surface area contributed by atoms with Gasteiger partial charge in [0.15, 0.2) is 11.5 Å². The molecule has 0 saturated carbocycles. The summed E-state index contributed by atoms with van der Waals surface area (Å²) in [5.74, 6) is 1.48. The van der Waals surface area contributed by atoms with Gasteiger partial charge in [0.2, 0.25) is 5.95 Å². The van der Waals surface area contributed by atoms with Crippen molar-refractivity contribution in [1.29, 1.82) is 0 Å². The summed E-state index contributed by atoms with van der Waals surface area (Å²) in [5, 5.41) is 6.89. The average molecular weight is 536 g/mol. The Balaban J connectivity index is 1.16. The molecule has 2 saturated heterocycles. The monoisotopic (exact) mass is 535 g/mol. The maximum atomic E-state index is 12.5. The van der Waals surface area contributed by atoms with Gasteiger partial charge in [0.1, 0.15) is 16.4 Å². The molecular weight excluding hydrogens is 502 g/mol. The zero-order chi connectivity index (χ0) is 26.2. The molecule has 0 radical (unpaired) electrons. The first kappa shape index (κ1) is 24.8. The summed E-state index contributed by atoms with van der Waals surface area (Å²) in [7, 11) is 5.76. The molecule has 0 bridgehead atoms. The Morgan fingerprint density at radius 1 is 1.08 bits per heavy atom. The molecule has 2 aromatic heterocycles. The Kier molecular flexibility index (Phi) is 6.76. The van der Waals surface area contributed by atoms with Crippen LogP contribution in [0.1, 0.15) is 23.3 Å². The molecule has 12 heteroatoms. The van der Waals surface area contributed by atoms with Crippen LogP contribution < -0.4 is 25.2 Å². The Labute approximate surface area is 226 Å². The van der Waals surface area contributed by atoms with Crippen LogP contribution in [0.2, 0.25) is 0 Å². The Bertz CT molecular complexity index is 1320. The van der Waals surface area contributed by atoms with Crippen molar-refractivity contribution >= 4 is 51.1 Å². The number of fused-ring (bicyclic) bond motifs is 2. The standard InChI is InChI=1S/C26H33N9O2S/c1-32-10-12-35(13-11-32)17-6-8-34(9-7-17)18-4-5-19(21(14-18)37-3)30-26-27-15-20-23(31-26)33(2)25-22(24(36)29-20)28-16-38-25/h4-5,14-17H,6-13H2,1-3H3,(H,29,36)(H,27,30,31).